The maximum Gasteiger partial charge on any atom is 0.196 e. The summed E-state index contributed by atoms with van der Waals surface area (Å²) < 4.78 is 6.08. The fourth-order valence-corrected chi connectivity index (χ4v) is 3.29. The van der Waals surface area contributed by atoms with Crippen LogP contribution in [0.15, 0.2) is 60.2 Å². The van der Waals surface area contributed by atoms with Crippen LogP contribution in [-0.4, -0.2) is 26.2 Å². The van der Waals surface area contributed by atoms with Crippen molar-refractivity contribution >= 4 is 11.9 Å². The van der Waals surface area contributed by atoms with Crippen molar-refractivity contribution in [3.8, 4) is 28.7 Å². The molecule has 1 heterocycles. The van der Waals surface area contributed by atoms with E-state index in [0.29, 0.717) is 28.0 Å². The summed E-state index contributed by atoms with van der Waals surface area (Å²) >= 11 is 0. The maximum absolute atomic E-state index is 13.3. The molecular formula is C23H18O6. The fourth-order valence-electron chi connectivity index (χ4n) is 3.29. The van der Waals surface area contributed by atoms with E-state index >= 15 is 0 Å². The summed E-state index contributed by atoms with van der Waals surface area (Å²) in [6.07, 6.45) is 0.738. The number of carbonyl (C=O) groups excluding carboxylic acids is 1. The second kappa shape index (κ2) is 6.91. The molecule has 0 radical (unpaired) electrons. The molecule has 29 heavy (non-hydrogen) atoms. The van der Waals surface area contributed by atoms with Gasteiger partial charge in [0.25, 0.3) is 0 Å². The average molecular weight is 390 g/mol. The average Bonchev–Trinajstić information content (AvgIpc) is 2.69. The molecule has 6 heteroatoms. The topological polar surface area (TPSA) is 107 Å². The van der Waals surface area contributed by atoms with Crippen LogP contribution in [0.1, 0.15) is 33.2 Å². The van der Waals surface area contributed by atoms with Crippen molar-refractivity contribution in [2.75, 3.05) is 0 Å². The molecule has 0 saturated heterocycles. The van der Waals surface area contributed by atoms with E-state index in [9.17, 15) is 25.2 Å². The first-order valence-electron chi connectivity index (χ1n) is 8.91. The molecule has 0 fully saturated rings. The maximum atomic E-state index is 13.3. The molecule has 6 nitrogen and oxygen atoms in total. The predicted molar refractivity (Wildman–Crippen MR) is 106 cm³/mol. The highest BCUT2D eigenvalue weighted by molar-refractivity contribution is 6.14. The summed E-state index contributed by atoms with van der Waals surface area (Å²) in [4.78, 5) is 13.3. The number of benzene rings is 3. The van der Waals surface area contributed by atoms with Gasteiger partial charge in [0.05, 0.1) is 5.56 Å². The largest absolute Gasteiger partial charge is 0.504 e. The van der Waals surface area contributed by atoms with E-state index < -0.39 is 6.10 Å². The number of carbonyl (C=O) groups is 1. The Labute approximate surface area is 166 Å². The Kier molecular flexibility index (Phi) is 4.39. The number of fused-ring (bicyclic) bond motifs is 1. The highest BCUT2D eigenvalue weighted by atomic mass is 16.5. The van der Waals surface area contributed by atoms with Crippen molar-refractivity contribution in [3.63, 3.8) is 0 Å². The smallest absolute Gasteiger partial charge is 0.196 e. The molecule has 0 bridgehead atoms. The Morgan fingerprint density at radius 1 is 0.828 bits per heavy atom. The molecule has 0 aliphatic carbocycles. The first-order chi connectivity index (χ1) is 13.8. The molecule has 146 valence electrons. The van der Waals surface area contributed by atoms with Gasteiger partial charge in [0.15, 0.2) is 34.9 Å². The lowest BCUT2D eigenvalue weighted by molar-refractivity contribution is 0.0963. The molecule has 3 aromatic rings. The van der Waals surface area contributed by atoms with Gasteiger partial charge in [-0.3, -0.25) is 4.79 Å². The van der Waals surface area contributed by atoms with Gasteiger partial charge in [0.2, 0.25) is 0 Å². The van der Waals surface area contributed by atoms with Gasteiger partial charge < -0.3 is 25.2 Å². The number of ketones is 1. The Morgan fingerprint density at radius 2 is 1.52 bits per heavy atom. The summed E-state index contributed by atoms with van der Waals surface area (Å²) in [5, 5.41) is 38.8. The zero-order chi connectivity index (χ0) is 20.7. The molecular weight excluding hydrogens is 372 g/mol. The van der Waals surface area contributed by atoms with Crippen LogP contribution in [0.25, 0.3) is 6.08 Å². The lowest BCUT2D eigenvalue weighted by Crippen LogP contribution is -2.24. The number of phenols is 4. The second-order valence-electron chi connectivity index (χ2n) is 6.92. The molecule has 0 amide bonds. The summed E-state index contributed by atoms with van der Waals surface area (Å²) in [5.41, 5.74) is 2.59. The van der Waals surface area contributed by atoms with Crippen LogP contribution in [0.2, 0.25) is 0 Å². The van der Waals surface area contributed by atoms with Crippen molar-refractivity contribution in [2.24, 2.45) is 0 Å². The molecule has 0 aromatic heterocycles. The third-order valence-corrected chi connectivity index (χ3v) is 4.79. The number of rotatable bonds is 2. The molecule has 3 aromatic carbocycles. The third-order valence-electron chi connectivity index (χ3n) is 4.79. The Morgan fingerprint density at radius 3 is 2.21 bits per heavy atom. The molecule has 1 unspecified atom stereocenters. The van der Waals surface area contributed by atoms with Gasteiger partial charge >= 0.3 is 0 Å². The lowest BCUT2D eigenvalue weighted by atomic mass is 9.89. The van der Waals surface area contributed by atoms with E-state index in [1.807, 2.05) is 13.0 Å². The van der Waals surface area contributed by atoms with Crippen molar-refractivity contribution in [1.82, 2.24) is 0 Å². The van der Waals surface area contributed by atoms with Crippen molar-refractivity contribution in [2.45, 2.75) is 13.0 Å². The summed E-state index contributed by atoms with van der Waals surface area (Å²) in [6.45, 7) is 1.87. The predicted octanol–water partition coefficient (Wildman–Crippen LogP) is 4.22. The number of hydrogen-bond acceptors (Lipinski definition) is 6. The standard InChI is InChI=1S/C23H18O6/c1-12-2-7-21-15(8-12)22(28)16(9-13-3-5-17(24)19(26)10-13)23(29-21)14-4-6-18(25)20(27)11-14/h2-11,23-27H,1H3/b16-9+. The van der Waals surface area contributed by atoms with Crippen molar-refractivity contribution in [1.29, 1.82) is 0 Å². The minimum atomic E-state index is -0.833. The zero-order valence-corrected chi connectivity index (χ0v) is 15.5. The first kappa shape index (κ1) is 18.4. The molecule has 0 saturated carbocycles. The fraction of sp³-hybridized carbons (Fsp3) is 0.0870. The first-order valence-corrected chi connectivity index (χ1v) is 8.91. The zero-order valence-electron chi connectivity index (χ0n) is 15.5. The number of aromatic hydroxyl groups is 4. The number of Topliss-reactive ketones (excluding diaryl/α,β-unsaturated/α-hetero) is 1. The number of ether oxygens (including phenoxy) is 1. The van der Waals surface area contributed by atoms with Gasteiger partial charge in [0, 0.05) is 11.1 Å². The van der Waals surface area contributed by atoms with Crippen LogP contribution in [-0.2, 0) is 0 Å². The van der Waals surface area contributed by atoms with Crippen LogP contribution in [0.5, 0.6) is 28.7 Å². The highest BCUT2D eigenvalue weighted by Gasteiger charge is 2.33. The molecule has 4 N–H and O–H groups in total. The van der Waals surface area contributed by atoms with Gasteiger partial charge in [-0.25, -0.2) is 0 Å². The van der Waals surface area contributed by atoms with E-state index in [1.54, 1.807) is 30.3 Å². The van der Waals surface area contributed by atoms with Gasteiger partial charge in [0.1, 0.15) is 5.75 Å². The quantitative estimate of drug-likeness (QED) is 0.386. The monoisotopic (exact) mass is 390 g/mol. The van der Waals surface area contributed by atoms with E-state index in [4.69, 9.17) is 4.74 Å². The van der Waals surface area contributed by atoms with Crippen LogP contribution >= 0.6 is 0 Å². The minimum Gasteiger partial charge on any atom is -0.504 e. The van der Waals surface area contributed by atoms with Gasteiger partial charge in [-0.15, -0.1) is 0 Å². The molecule has 1 aliphatic rings. The van der Waals surface area contributed by atoms with Crippen LogP contribution in [0.3, 0.4) is 0 Å². The molecule has 1 atom stereocenters. The molecule has 4 rings (SSSR count). The van der Waals surface area contributed by atoms with Crippen LogP contribution in [0, 0.1) is 6.92 Å². The lowest BCUT2D eigenvalue weighted by Gasteiger charge is -2.28. The van der Waals surface area contributed by atoms with Gasteiger partial charge in [-0.2, -0.15) is 0 Å². The second-order valence-corrected chi connectivity index (χ2v) is 6.92. The number of phenolic OH excluding ortho intramolecular Hbond substituents is 4. The van der Waals surface area contributed by atoms with Gasteiger partial charge in [-0.1, -0.05) is 23.8 Å². The van der Waals surface area contributed by atoms with E-state index in [2.05, 4.69) is 0 Å². The highest BCUT2D eigenvalue weighted by Crippen LogP contribution is 2.41. The normalized spacial score (nSPS) is 17.1. The Balaban J connectivity index is 1.89. The minimum absolute atomic E-state index is 0.250. The van der Waals surface area contributed by atoms with Crippen LogP contribution < -0.4 is 4.74 Å². The van der Waals surface area contributed by atoms with E-state index in [-0.39, 0.29) is 28.8 Å². The molecule has 0 spiro atoms. The summed E-state index contributed by atoms with van der Waals surface area (Å²) in [7, 11) is 0. The number of aryl methyl sites for hydroxylation is 1. The molecule has 1 aliphatic heterocycles. The van der Waals surface area contributed by atoms with E-state index in [1.165, 1.54) is 24.3 Å². The van der Waals surface area contributed by atoms with Crippen LogP contribution in [0.4, 0.5) is 0 Å². The Bertz CT molecular complexity index is 1160. The summed E-state index contributed by atoms with van der Waals surface area (Å²) in [5.74, 6) is -1.00. The van der Waals surface area contributed by atoms with Crippen molar-refractivity contribution in [3.05, 3.63) is 82.4 Å². The SMILES string of the molecule is Cc1ccc2c(c1)C(=O)/C(=C\c1ccc(O)c(O)c1)C(c1ccc(O)c(O)c1)O2. The van der Waals surface area contributed by atoms with Crippen molar-refractivity contribution < 1.29 is 30.0 Å². The van der Waals surface area contributed by atoms with E-state index in [0.717, 1.165) is 5.56 Å². The Hall–Kier alpha value is -3.93. The third kappa shape index (κ3) is 3.36. The summed E-state index contributed by atoms with van der Waals surface area (Å²) in [6, 6.07) is 13.8. The number of hydrogen-bond donors (Lipinski definition) is 4. The van der Waals surface area contributed by atoms with Gasteiger partial charge in [-0.05, 0) is 55.0 Å².